The number of nitrogens with two attached hydrogens (primary N) is 1. The van der Waals surface area contributed by atoms with E-state index in [0.29, 0.717) is 28.1 Å². The van der Waals surface area contributed by atoms with Crippen molar-refractivity contribution in [1.82, 2.24) is 15.1 Å². The fraction of sp³-hybridized carbons (Fsp3) is 0. The van der Waals surface area contributed by atoms with E-state index in [1.54, 1.807) is 30.5 Å². The first-order valence-electron chi connectivity index (χ1n) is 5.54. The van der Waals surface area contributed by atoms with Crippen molar-refractivity contribution in [2.24, 2.45) is 0 Å². The fourth-order valence-electron chi connectivity index (χ4n) is 1.65. The first kappa shape index (κ1) is 11.7. The number of aromatic nitrogens is 3. The molecule has 94 valence electrons. The molecule has 6 heteroatoms. The molecule has 0 aliphatic heterocycles. The number of pyridine rings is 1. The van der Waals surface area contributed by atoms with Gasteiger partial charge in [0.25, 0.3) is 5.89 Å². The second kappa shape index (κ2) is 4.70. The quantitative estimate of drug-likeness (QED) is 0.776. The monoisotopic (exact) mass is 272 g/mol. The Morgan fingerprint density at radius 2 is 1.89 bits per heavy atom. The molecule has 0 saturated heterocycles. The van der Waals surface area contributed by atoms with E-state index >= 15 is 0 Å². The summed E-state index contributed by atoms with van der Waals surface area (Å²) in [7, 11) is 0. The van der Waals surface area contributed by atoms with Crippen LogP contribution in [0.4, 0.5) is 5.82 Å². The van der Waals surface area contributed by atoms with Crippen LogP contribution in [0.25, 0.3) is 22.8 Å². The average molecular weight is 273 g/mol. The summed E-state index contributed by atoms with van der Waals surface area (Å²) in [5.74, 6) is 1.18. The third kappa shape index (κ3) is 2.28. The summed E-state index contributed by atoms with van der Waals surface area (Å²) in [6.45, 7) is 0. The Bertz CT molecular complexity index is 709. The highest BCUT2D eigenvalue weighted by molar-refractivity contribution is 6.30. The lowest BCUT2D eigenvalue weighted by Crippen LogP contribution is -1.92. The van der Waals surface area contributed by atoms with E-state index in [1.165, 1.54) is 0 Å². The molecule has 1 aromatic carbocycles. The maximum Gasteiger partial charge on any atom is 0.261 e. The van der Waals surface area contributed by atoms with Gasteiger partial charge in [-0.25, -0.2) is 4.98 Å². The molecular weight excluding hydrogens is 264 g/mol. The summed E-state index contributed by atoms with van der Waals surface area (Å²) in [6.07, 6.45) is 1.61. The predicted octanol–water partition coefficient (Wildman–Crippen LogP) is 3.03. The van der Waals surface area contributed by atoms with Gasteiger partial charge < -0.3 is 10.3 Å². The van der Waals surface area contributed by atoms with Crippen LogP contribution < -0.4 is 5.73 Å². The van der Waals surface area contributed by atoms with E-state index in [-0.39, 0.29) is 0 Å². The molecule has 3 aromatic rings. The van der Waals surface area contributed by atoms with Crippen molar-refractivity contribution in [1.29, 1.82) is 0 Å². The molecule has 0 fully saturated rings. The lowest BCUT2D eigenvalue weighted by atomic mass is 10.2. The summed E-state index contributed by atoms with van der Waals surface area (Å²) in [5.41, 5.74) is 7.21. The summed E-state index contributed by atoms with van der Waals surface area (Å²) < 4.78 is 5.20. The van der Waals surface area contributed by atoms with Gasteiger partial charge in [-0.1, -0.05) is 16.8 Å². The van der Waals surface area contributed by atoms with E-state index in [0.717, 1.165) is 5.56 Å². The van der Waals surface area contributed by atoms with Crippen molar-refractivity contribution >= 4 is 17.4 Å². The van der Waals surface area contributed by atoms with Gasteiger partial charge in [-0.15, -0.1) is 0 Å². The van der Waals surface area contributed by atoms with Crippen molar-refractivity contribution < 1.29 is 4.52 Å². The molecule has 0 radical (unpaired) electrons. The summed E-state index contributed by atoms with van der Waals surface area (Å²) >= 11 is 5.83. The molecule has 0 atom stereocenters. The standard InChI is InChI=1S/C13H9ClN4O/c14-9-5-3-8(4-6-9)12-17-13(19-18-12)10-2-1-7-16-11(10)15/h1-7H,(H2,15,16). The second-order valence-corrected chi connectivity index (χ2v) is 4.30. The maximum atomic E-state index is 5.83. The SMILES string of the molecule is Nc1ncccc1-c1nc(-c2ccc(Cl)cc2)no1. The molecule has 0 bridgehead atoms. The van der Waals surface area contributed by atoms with Gasteiger partial charge in [-0.2, -0.15) is 4.98 Å². The maximum absolute atomic E-state index is 5.83. The van der Waals surface area contributed by atoms with Gasteiger partial charge in [0.2, 0.25) is 5.82 Å². The minimum absolute atomic E-state index is 0.343. The lowest BCUT2D eigenvalue weighted by Gasteiger charge is -1.96. The third-order valence-electron chi connectivity index (χ3n) is 2.60. The van der Waals surface area contributed by atoms with E-state index in [4.69, 9.17) is 21.9 Å². The van der Waals surface area contributed by atoms with E-state index in [2.05, 4.69) is 15.1 Å². The molecule has 0 unspecified atom stereocenters. The normalized spacial score (nSPS) is 10.6. The Morgan fingerprint density at radius 1 is 1.11 bits per heavy atom. The molecule has 0 aliphatic carbocycles. The van der Waals surface area contributed by atoms with Crippen LogP contribution in [0.5, 0.6) is 0 Å². The summed E-state index contributed by atoms with van der Waals surface area (Å²) in [6, 6.07) is 10.7. The highest BCUT2D eigenvalue weighted by Crippen LogP contribution is 2.25. The van der Waals surface area contributed by atoms with Crippen LogP contribution >= 0.6 is 11.6 Å². The molecule has 2 aromatic heterocycles. The smallest absolute Gasteiger partial charge is 0.261 e. The first-order valence-corrected chi connectivity index (χ1v) is 5.92. The predicted molar refractivity (Wildman–Crippen MR) is 72.4 cm³/mol. The van der Waals surface area contributed by atoms with Crippen molar-refractivity contribution in [3.63, 3.8) is 0 Å². The van der Waals surface area contributed by atoms with Crippen LogP contribution in [0.1, 0.15) is 0 Å². The van der Waals surface area contributed by atoms with Crippen molar-refractivity contribution in [2.75, 3.05) is 5.73 Å². The van der Waals surface area contributed by atoms with Crippen molar-refractivity contribution in [3.8, 4) is 22.8 Å². The van der Waals surface area contributed by atoms with Gasteiger partial charge in [-0.05, 0) is 36.4 Å². The number of benzene rings is 1. The number of hydrogen-bond acceptors (Lipinski definition) is 5. The van der Waals surface area contributed by atoms with Crippen LogP contribution in [-0.4, -0.2) is 15.1 Å². The van der Waals surface area contributed by atoms with Gasteiger partial charge >= 0.3 is 0 Å². The van der Waals surface area contributed by atoms with E-state index in [1.807, 2.05) is 12.1 Å². The number of rotatable bonds is 2. The molecule has 0 amide bonds. The number of halogens is 1. The largest absolute Gasteiger partial charge is 0.383 e. The van der Waals surface area contributed by atoms with Crippen LogP contribution in [-0.2, 0) is 0 Å². The highest BCUT2D eigenvalue weighted by Gasteiger charge is 2.13. The van der Waals surface area contributed by atoms with Crippen LogP contribution in [0.2, 0.25) is 5.02 Å². The van der Waals surface area contributed by atoms with Gasteiger partial charge in [0.05, 0.1) is 5.56 Å². The molecule has 5 nitrogen and oxygen atoms in total. The van der Waals surface area contributed by atoms with Crippen molar-refractivity contribution in [2.45, 2.75) is 0 Å². The molecule has 2 N–H and O–H groups in total. The Kier molecular flexibility index (Phi) is 2.89. The molecule has 0 aliphatic rings. The van der Waals surface area contributed by atoms with Crippen LogP contribution in [0, 0.1) is 0 Å². The third-order valence-corrected chi connectivity index (χ3v) is 2.85. The Labute approximate surface area is 114 Å². The topological polar surface area (TPSA) is 77.8 Å². The van der Waals surface area contributed by atoms with Crippen molar-refractivity contribution in [3.05, 3.63) is 47.6 Å². The van der Waals surface area contributed by atoms with Gasteiger partial charge in [-0.3, -0.25) is 0 Å². The molecular formula is C13H9ClN4O. The first-order chi connectivity index (χ1) is 9.24. The zero-order valence-electron chi connectivity index (χ0n) is 9.75. The minimum Gasteiger partial charge on any atom is -0.383 e. The second-order valence-electron chi connectivity index (χ2n) is 3.87. The molecule has 3 rings (SSSR count). The fourth-order valence-corrected chi connectivity index (χ4v) is 1.77. The zero-order chi connectivity index (χ0) is 13.2. The minimum atomic E-state index is 0.343. The van der Waals surface area contributed by atoms with Gasteiger partial charge in [0.15, 0.2) is 0 Å². The Balaban J connectivity index is 2.00. The molecule has 0 spiro atoms. The molecule has 19 heavy (non-hydrogen) atoms. The van der Waals surface area contributed by atoms with Crippen LogP contribution in [0.3, 0.4) is 0 Å². The molecule has 2 heterocycles. The average Bonchev–Trinajstić information content (AvgIpc) is 2.89. The summed E-state index contributed by atoms with van der Waals surface area (Å²) in [4.78, 5) is 8.28. The van der Waals surface area contributed by atoms with Crippen LogP contribution in [0.15, 0.2) is 47.1 Å². The molecule has 0 saturated carbocycles. The van der Waals surface area contributed by atoms with E-state index < -0.39 is 0 Å². The highest BCUT2D eigenvalue weighted by atomic mass is 35.5. The number of anilines is 1. The van der Waals surface area contributed by atoms with Gasteiger partial charge in [0, 0.05) is 16.8 Å². The zero-order valence-corrected chi connectivity index (χ0v) is 10.5. The lowest BCUT2D eigenvalue weighted by molar-refractivity contribution is 0.432. The summed E-state index contributed by atoms with van der Waals surface area (Å²) in [5, 5.41) is 4.58. The Morgan fingerprint density at radius 3 is 2.63 bits per heavy atom. The Hall–Kier alpha value is -2.40. The van der Waals surface area contributed by atoms with Gasteiger partial charge in [0.1, 0.15) is 5.82 Å². The number of nitrogens with zero attached hydrogens (tertiary/aromatic N) is 3. The number of nitrogen functional groups attached to an aromatic ring is 1. The number of hydrogen-bond donors (Lipinski definition) is 1. The van der Waals surface area contributed by atoms with E-state index in [9.17, 15) is 0 Å².